The minimum absolute atomic E-state index is 0.0581. The molecule has 2 amide bonds. The summed E-state index contributed by atoms with van der Waals surface area (Å²) < 4.78 is 17.9. The molecule has 5 rings (SSSR count). The number of piperidine rings is 1. The number of nitrogens with one attached hydrogen (secondary N) is 1. The lowest BCUT2D eigenvalue weighted by molar-refractivity contribution is 0.00578. The maximum atomic E-state index is 13.6. The Morgan fingerprint density at radius 1 is 0.886 bits per heavy atom. The van der Waals surface area contributed by atoms with Crippen LogP contribution in [0.25, 0.3) is 11.1 Å². The SMILES string of the molecule is CC(C)(C)OC(=O)NCc1cccc(C2CCN(C(=O)c3cccc(-c4cccc(B5OC(C)(C)C(C)(C)O5)c4)c3)CC2)c1. The molecule has 0 bridgehead atoms. The highest BCUT2D eigenvalue weighted by Gasteiger charge is 2.51. The molecule has 3 aromatic carbocycles. The molecule has 7 nitrogen and oxygen atoms in total. The van der Waals surface area contributed by atoms with Crippen molar-refractivity contribution in [2.45, 2.75) is 90.6 Å². The molecular weight excluding hydrogens is 551 g/mol. The van der Waals surface area contributed by atoms with Gasteiger partial charge in [-0.2, -0.15) is 0 Å². The van der Waals surface area contributed by atoms with Crippen LogP contribution in [0.2, 0.25) is 0 Å². The number of nitrogens with zero attached hydrogens (tertiary/aromatic N) is 1. The van der Waals surface area contributed by atoms with Gasteiger partial charge in [0.25, 0.3) is 5.91 Å². The van der Waals surface area contributed by atoms with E-state index in [1.54, 1.807) is 0 Å². The van der Waals surface area contributed by atoms with Crippen LogP contribution in [-0.2, 0) is 20.6 Å². The first-order chi connectivity index (χ1) is 20.7. The van der Waals surface area contributed by atoms with Crippen LogP contribution in [0.3, 0.4) is 0 Å². The van der Waals surface area contributed by atoms with Crippen LogP contribution in [0.1, 0.15) is 88.7 Å². The number of hydrogen-bond acceptors (Lipinski definition) is 5. The molecule has 1 N–H and O–H groups in total. The van der Waals surface area contributed by atoms with E-state index in [-0.39, 0.29) is 5.91 Å². The second-order valence-corrected chi connectivity index (χ2v) is 14.0. The molecule has 2 saturated heterocycles. The third kappa shape index (κ3) is 7.36. The molecule has 2 aliphatic rings. The summed E-state index contributed by atoms with van der Waals surface area (Å²) in [6.45, 7) is 15.6. The zero-order valence-corrected chi connectivity index (χ0v) is 27.1. The summed E-state index contributed by atoms with van der Waals surface area (Å²) in [4.78, 5) is 27.6. The molecule has 0 unspecified atom stereocenters. The summed E-state index contributed by atoms with van der Waals surface area (Å²) in [5, 5.41) is 2.84. The third-order valence-corrected chi connectivity index (χ3v) is 8.90. The van der Waals surface area contributed by atoms with Crippen LogP contribution in [-0.4, -0.2) is 53.9 Å². The quantitative estimate of drug-likeness (QED) is 0.321. The molecule has 0 spiro atoms. The molecule has 0 saturated carbocycles. The highest BCUT2D eigenvalue weighted by molar-refractivity contribution is 6.62. The van der Waals surface area contributed by atoms with Crippen molar-refractivity contribution < 1.29 is 23.6 Å². The Bertz CT molecular complexity index is 1490. The fourth-order valence-electron chi connectivity index (χ4n) is 5.72. The number of amides is 2. The van der Waals surface area contributed by atoms with E-state index in [0.717, 1.165) is 35.0 Å². The van der Waals surface area contributed by atoms with E-state index in [4.69, 9.17) is 14.0 Å². The highest BCUT2D eigenvalue weighted by atomic mass is 16.7. The van der Waals surface area contributed by atoms with Crippen LogP contribution >= 0.6 is 0 Å². The van der Waals surface area contributed by atoms with Crippen LogP contribution < -0.4 is 10.8 Å². The van der Waals surface area contributed by atoms with Crippen molar-refractivity contribution in [1.29, 1.82) is 0 Å². The first-order valence-corrected chi connectivity index (χ1v) is 15.6. The third-order valence-electron chi connectivity index (χ3n) is 8.90. The molecule has 0 aromatic heterocycles. The van der Waals surface area contributed by atoms with Crippen molar-refractivity contribution in [2.75, 3.05) is 13.1 Å². The maximum absolute atomic E-state index is 13.6. The van der Waals surface area contributed by atoms with E-state index in [1.807, 2.05) is 74.2 Å². The van der Waals surface area contributed by atoms with E-state index in [2.05, 4.69) is 57.3 Å². The maximum Gasteiger partial charge on any atom is 0.494 e. The van der Waals surface area contributed by atoms with Gasteiger partial charge in [0.2, 0.25) is 0 Å². The lowest BCUT2D eigenvalue weighted by Gasteiger charge is -2.32. The molecule has 44 heavy (non-hydrogen) atoms. The Kier molecular flexibility index (Phi) is 8.97. The van der Waals surface area contributed by atoms with Gasteiger partial charge in [0.1, 0.15) is 5.60 Å². The van der Waals surface area contributed by atoms with Crippen LogP contribution in [0, 0.1) is 0 Å². The highest BCUT2D eigenvalue weighted by Crippen LogP contribution is 2.37. The van der Waals surface area contributed by atoms with Gasteiger partial charge in [0.05, 0.1) is 11.2 Å². The van der Waals surface area contributed by atoms with Crippen molar-refractivity contribution in [3.63, 3.8) is 0 Å². The Labute approximate surface area is 262 Å². The van der Waals surface area contributed by atoms with Crippen molar-refractivity contribution in [3.8, 4) is 11.1 Å². The van der Waals surface area contributed by atoms with Crippen molar-refractivity contribution in [3.05, 3.63) is 89.5 Å². The van der Waals surface area contributed by atoms with Crippen LogP contribution in [0.5, 0.6) is 0 Å². The summed E-state index contributed by atoms with van der Waals surface area (Å²) in [5.74, 6) is 0.423. The molecule has 3 aromatic rings. The summed E-state index contributed by atoms with van der Waals surface area (Å²) in [6.07, 6.45) is 1.37. The number of carbonyl (C=O) groups is 2. The zero-order chi connectivity index (χ0) is 31.7. The Morgan fingerprint density at radius 3 is 2.16 bits per heavy atom. The van der Waals surface area contributed by atoms with Gasteiger partial charge in [0.15, 0.2) is 0 Å². The van der Waals surface area contributed by atoms with Gasteiger partial charge >= 0.3 is 13.2 Å². The lowest BCUT2D eigenvalue weighted by atomic mass is 9.78. The van der Waals surface area contributed by atoms with Gasteiger partial charge < -0.3 is 24.3 Å². The average Bonchev–Trinajstić information content (AvgIpc) is 3.21. The first-order valence-electron chi connectivity index (χ1n) is 15.6. The van der Waals surface area contributed by atoms with Crippen LogP contribution in [0.4, 0.5) is 4.79 Å². The lowest BCUT2D eigenvalue weighted by Crippen LogP contribution is -2.41. The van der Waals surface area contributed by atoms with E-state index in [1.165, 1.54) is 5.56 Å². The Hall–Kier alpha value is -3.62. The largest absolute Gasteiger partial charge is 0.494 e. The average molecular weight is 597 g/mol. The number of alkyl carbamates (subject to hydrolysis) is 1. The summed E-state index contributed by atoms with van der Waals surface area (Å²) in [6, 6.07) is 24.4. The Balaban J connectivity index is 1.20. The van der Waals surface area contributed by atoms with Crippen molar-refractivity contribution in [1.82, 2.24) is 10.2 Å². The molecule has 2 fully saturated rings. The van der Waals surface area contributed by atoms with Gasteiger partial charge in [-0.3, -0.25) is 4.79 Å². The first kappa shape index (κ1) is 31.8. The topological polar surface area (TPSA) is 77.1 Å². The molecule has 8 heteroatoms. The number of carbonyl (C=O) groups excluding carboxylic acids is 2. The summed E-state index contributed by atoms with van der Waals surface area (Å²) in [7, 11) is -0.437. The second-order valence-electron chi connectivity index (χ2n) is 14.0. The van der Waals surface area contributed by atoms with Crippen molar-refractivity contribution >= 4 is 24.6 Å². The van der Waals surface area contributed by atoms with E-state index < -0.39 is 30.0 Å². The van der Waals surface area contributed by atoms with Gasteiger partial charge in [-0.1, -0.05) is 60.7 Å². The smallest absolute Gasteiger partial charge is 0.444 e. The Morgan fingerprint density at radius 2 is 1.50 bits per heavy atom. The molecule has 0 radical (unpaired) electrons. The zero-order valence-electron chi connectivity index (χ0n) is 27.1. The van der Waals surface area contributed by atoms with E-state index in [0.29, 0.717) is 31.1 Å². The van der Waals surface area contributed by atoms with Gasteiger partial charge in [-0.05, 0) is 107 Å². The summed E-state index contributed by atoms with van der Waals surface area (Å²) in [5.41, 5.74) is 4.59. The van der Waals surface area contributed by atoms with Crippen LogP contribution in [0.15, 0.2) is 72.8 Å². The molecule has 2 heterocycles. The monoisotopic (exact) mass is 596 g/mol. The van der Waals surface area contributed by atoms with Gasteiger partial charge in [0, 0.05) is 25.2 Å². The predicted octanol–water partition coefficient (Wildman–Crippen LogP) is 6.70. The number of hydrogen-bond donors (Lipinski definition) is 1. The number of ether oxygens (including phenoxy) is 1. The second kappa shape index (κ2) is 12.4. The van der Waals surface area contributed by atoms with E-state index in [9.17, 15) is 9.59 Å². The molecule has 0 atom stereocenters. The standard InChI is InChI=1S/C36H45BN2O5/c1-34(2,3)42-33(41)38-24-25-11-8-12-27(21-25)26-17-19-39(20-18-26)32(40)30-15-9-13-28(22-30)29-14-10-16-31(23-29)37-43-35(4,5)36(6,7)44-37/h8-16,21-23,26H,17-20,24H2,1-7H3,(H,38,41). The minimum atomic E-state index is -0.529. The predicted molar refractivity (Wildman–Crippen MR) is 175 cm³/mol. The summed E-state index contributed by atoms with van der Waals surface area (Å²) >= 11 is 0. The van der Waals surface area contributed by atoms with E-state index >= 15 is 0 Å². The molecule has 2 aliphatic heterocycles. The molecule has 232 valence electrons. The fourth-order valence-corrected chi connectivity index (χ4v) is 5.72. The molecular formula is C36H45BN2O5. The van der Waals surface area contributed by atoms with Crippen molar-refractivity contribution in [2.24, 2.45) is 0 Å². The fraction of sp³-hybridized carbons (Fsp3) is 0.444. The number of rotatable bonds is 6. The number of likely N-dealkylation sites (tertiary alicyclic amines) is 1. The van der Waals surface area contributed by atoms with Gasteiger partial charge in [-0.15, -0.1) is 0 Å². The normalized spacial score (nSPS) is 18.2. The van der Waals surface area contributed by atoms with Gasteiger partial charge in [-0.25, -0.2) is 4.79 Å². The molecule has 0 aliphatic carbocycles. The minimum Gasteiger partial charge on any atom is -0.444 e. The number of benzene rings is 3.